The highest BCUT2D eigenvalue weighted by Gasteiger charge is 2.32. The predicted molar refractivity (Wildman–Crippen MR) is 56.3 cm³/mol. The fourth-order valence-electron chi connectivity index (χ4n) is 1.64. The number of fused-ring (bicyclic) bond motifs is 1. The molecular formula is C11H8ClFO4. The molecular weight excluding hydrogens is 251 g/mol. The summed E-state index contributed by atoms with van der Waals surface area (Å²) in [5, 5.41) is -0.155. The molecule has 1 atom stereocenters. The number of halogens is 2. The van der Waals surface area contributed by atoms with E-state index in [1.54, 1.807) is 0 Å². The van der Waals surface area contributed by atoms with Gasteiger partial charge in [-0.05, 0) is 17.7 Å². The van der Waals surface area contributed by atoms with E-state index in [2.05, 4.69) is 4.74 Å². The molecule has 90 valence electrons. The predicted octanol–water partition coefficient (Wildman–Crippen LogP) is 1.73. The van der Waals surface area contributed by atoms with Crippen LogP contribution in [0.1, 0.15) is 15.9 Å². The summed E-state index contributed by atoms with van der Waals surface area (Å²) >= 11 is 5.56. The van der Waals surface area contributed by atoms with Gasteiger partial charge in [-0.3, -0.25) is 0 Å². The maximum absolute atomic E-state index is 13.2. The average Bonchev–Trinajstić information content (AvgIpc) is 2.30. The van der Waals surface area contributed by atoms with Gasteiger partial charge in [-0.25, -0.2) is 14.0 Å². The van der Waals surface area contributed by atoms with Crippen molar-refractivity contribution in [1.29, 1.82) is 0 Å². The van der Waals surface area contributed by atoms with E-state index in [1.807, 2.05) is 0 Å². The molecule has 6 heteroatoms. The molecule has 2 rings (SSSR count). The summed E-state index contributed by atoms with van der Waals surface area (Å²) in [5.74, 6) is -2.01. The summed E-state index contributed by atoms with van der Waals surface area (Å²) in [5.41, 5.74) is 0.565. The molecule has 1 aromatic carbocycles. The molecule has 1 aliphatic rings. The number of methoxy groups -OCH3 is 1. The van der Waals surface area contributed by atoms with Gasteiger partial charge in [-0.15, -0.1) is 0 Å². The van der Waals surface area contributed by atoms with E-state index in [9.17, 15) is 14.0 Å². The fourth-order valence-corrected chi connectivity index (χ4v) is 1.81. The lowest BCUT2D eigenvalue weighted by Crippen LogP contribution is -2.35. The van der Waals surface area contributed by atoms with E-state index in [0.717, 1.165) is 6.07 Å². The van der Waals surface area contributed by atoms with E-state index >= 15 is 0 Å². The van der Waals surface area contributed by atoms with Crippen molar-refractivity contribution in [3.63, 3.8) is 0 Å². The third kappa shape index (κ3) is 2.10. The second kappa shape index (κ2) is 4.33. The Morgan fingerprint density at radius 1 is 1.59 bits per heavy atom. The van der Waals surface area contributed by atoms with E-state index in [0.29, 0.717) is 5.56 Å². The van der Waals surface area contributed by atoms with Gasteiger partial charge in [-0.1, -0.05) is 11.6 Å². The summed E-state index contributed by atoms with van der Waals surface area (Å²) in [6.07, 6.45) is -0.942. The lowest BCUT2D eigenvalue weighted by molar-refractivity contribution is -0.151. The highest BCUT2D eigenvalue weighted by atomic mass is 35.5. The second-order valence-electron chi connectivity index (χ2n) is 3.54. The number of ether oxygens (including phenoxy) is 2. The van der Waals surface area contributed by atoms with Crippen molar-refractivity contribution < 1.29 is 23.5 Å². The van der Waals surface area contributed by atoms with Crippen LogP contribution in [0.3, 0.4) is 0 Å². The third-order valence-electron chi connectivity index (χ3n) is 2.48. The smallest absolute Gasteiger partial charge is 0.347 e. The van der Waals surface area contributed by atoms with Crippen molar-refractivity contribution >= 4 is 23.5 Å². The molecule has 0 spiro atoms. The Morgan fingerprint density at radius 2 is 2.29 bits per heavy atom. The van der Waals surface area contributed by atoms with Crippen LogP contribution in [-0.4, -0.2) is 25.2 Å². The number of hydrogen-bond acceptors (Lipinski definition) is 4. The summed E-state index contributed by atoms with van der Waals surface area (Å²) in [6.45, 7) is 0. The average molecular weight is 259 g/mol. The van der Waals surface area contributed by atoms with Crippen LogP contribution in [0.25, 0.3) is 0 Å². The van der Waals surface area contributed by atoms with Crippen LogP contribution < -0.4 is 0 Å². The summed E-state index contributed by atoms with van der Waals surface area (Å²) in [4.78, 5) is 22.8. The van der Waals surface area contributed by atoms with E-state index in [-0.39, 0.29) is 17.0 Å². The molecule has 0 radical (unpaired) electrons. The van der Waals surface area contributed by atoms with Crippen molar-refractivity contribution in [3.8, 4) is 0 Å². The molecule has 0 saturated carbocycles. The number of benzene rings is 1. The van der Waals surface area contributed by atoms with Crippen LogP contribution in [-0.2, 0) is 20.7 Å². The monoisotopic (exact) mass is 258 g/mol. The van der Waals surface area contributed by atoms with Crippen LogP contribution in [0.5, 0.6) is 0 Å². The highest BCUT2D eigenvalue weighted by Crippen LogP contribution is 2.26. The first-order valence-corrected chi connectivity index (χ1v) is 5.17. The zero-order valence-electron chi connectivity index (χ0n) is 8.83. The first kappa shape index (κ1) is 11.9. The topological polar surface area (TPSA) is 52.6 Å². The number of hydrogen-bond donors (Lipinski definition) is 0. The van der Waals surface area contributed by atoms with Crippen molar-refractivity contribution in [1.82, 2.24) is 0 Å². The quantitative estimate of drug-likeness (QED) is 0.720. The van der Waals surface area contributed by atoms with Gasteiger partial charge in [0, 0.05) is 6.42 Å². The maximum atomic E-state index is 13.2. The van der Waals surface area contributed by atoms with Crippen molar-refractivity contribution in [2.45, 2.75) is 12.5 Å². The Hall–Kier alpha value is -1.62. The molecule has 1 unspecified atom stereocenters. The first-order chi connectivity index (χ1) is 8.02. The van der Waals surface area contributed by atoms with Gasteiger partial charge in [0.2, 0.25) is 6.10 Å². The van der Waals surface area contributed by atoms with Gasteiger partial charge < -0.3 is 9.47 Å². The summed E-state index contributed by atoms with van der Waals surface area (Å²) in [6, 6.07) is 2.33. The number of esters is 2. The summed E-state index contributed by atoms with van der Waals surface area (Å²) in [7, 11) is 1.19. The van der Waals surface area contributed by atoms with Crippen molar-refractivity contribution in [3.05, 3.63) is 34.1 Å². The molecule has 17 heavy (non-hydrogen) atoms. The Bertz CT molecular complexity index is 500. The minimum atomic E-state index is -1.03. The largest absolute Gasteiger partial charge is 0.466 e. The second-order valence-corrected chi connectivity index (χ2v) is 3.95. The molecule has 1 aliphatic heterocycles. The zero-order chi connectivity index (χ0) is 12.6. The lowest BCUT2D eigenvalue weighted by atomic mass is 9.98. The standard InChI is InChI=1S/C11H8ClFO4/c1-16-11(15)9-3-5-2-8(13)7(12)4-6(5)10(14)17-9/h2,4,9H,3H2,1H3. The number of carbonyl (C=O) groups is 2. The van der Waals surface area contributed by atoms with E-state index < -0.39 is 23.9 Å². The normalized spacial score (nSPS) is 18.3. The molecule has 0 amide bonds. The Labute approximate surface area is 101 Å². The zero-order valence-corrected chi connectivity index (χ0v) is 9.58. The van der Waals surface area contributed by atoms with Gasteiger partial charge in [0.1, 0.15) is 5.82 Å². The van der Waals surface area contributed by atoms with Crippen LogP contribution in [0.15, 0.2) is 12.1 Å². The maximum Gasteiger partial charge on any atom is 0.347 e. The van der Waals surface area contributed by atoms with Gasteiger partial charge >= 0.3 is 11.9 Å². The molecule has 4 nitrogen and oxygen atoms in total. The van der Waals surface area contributed by atoms with Gasteiger partial charge in [0.25, 0.3) is 0 Å². The molecule has 0 fully saturated rings. The fraction of sp³-hybridized carbons (Fsp3) is 0.273. The Morgan fingerprint density at radius 3 is 2.94 bits per heavy atom. The molecule has 0 saturated heterocycles. The molecule has 0 bridgehead atoms. The van der Waals surface area contributed by atoms with Crippen molar-refractivity contribution in [2.24, 2.45) is 0 Å². The SMILES string of the molecule is COC(=O)C1Cc2cc(F)c(Cl)cc2C(=O)O1. The van der Waals surface area contributed by atoms with Crippen molar-refractivity contribution in [2.75, 3.05) is 7.11 Å². The number of rotatable bonds is 1. The summed E-state index contributed by atoms with van der Waals surface area (Å²) < 4.78 is 22.6. The first-order valence-electron chi connectivity index (χ1n) is 4.79. The van der Waals surface area contributed by atoms with Crippen LogP contribution in [0.4, 0.5) is 4.39 Å². The van der Waals surface area contributed by atoms with E-state index in [1.165, 1.54) is 13.2 Å². The van der Waals surface area contributed by atoms with Gasteiger partial charge in [-0.2, -0.15) is 0 Å². The van der Waals surface area contributed by atoms with Crippen LogP contribution in [0.2, 0.25) is 5.02 Å². The number of cyclic esters (lactones) is 1. The molecule has 1 aromatic rings. The third-order valence-corrected chi connectivity index (χ3v) is 2.77. The minimum absolute atomic E-state index is 0.0852. The van der Waals surface area contributed by atoms with E-state index in [4.69, 9.17) is 16.3 Å². The lowest BCUT2D eigenvalue weighted by Gasteiger charge is -2.22. The molecule has 0 N–H and O–H groups in total. The van der Waals surface area contributed by atoms with Crippen LogP contribution in [0, 0.1) is 5.82 Å². The van der Waals surface area contributed by atoms with Crippen LogP contribution >= 0.6 is 11.6 Å². The highest BCUT2D eigenvalue weighted by molar-refractivity contribution is 6.31. The van der Waals surface area contributed by atoms with Gasteiger partial charge in [0.15, 0.2) is 0 Å². The Kier molecular flexibility index (Phi) is 3.02. The molecule has 1 heterocycles. The Balaban J connectivity index is 2.39. The molecule has 0 aliphatic carbocycles. The molecule has 0 aromatic heterocycles. The minimum Gasteiger partial charge on any atom is -0.466 e. The number of carbonyl (C=O) groups excluding carboxylic acids is 2. The van der Waals surface area contributed by atoms with Gasteiger partial charge in [0.05, 0.1) is 17.7 Å².